The van der Waals surface area contributed by atoms with Gasteiger partial charge >= 0.3 is 6.18 Å². The molecular formula is C12H14BrF3N2O2. The van der Waals surface area contributed by atoms with Gasteiger partial charge in [-0.3, -0.25) is 4.79 Å². The highest BCUT2D eigenvalue weighted by Crippen LogP contribution is 2.27. The van der Waals surface area contributed by atoms with E-state index in [1.54, 1.807) is 30.4 Å². The van der Waals surface area contributed by atoms with Crippen LogP contribution in [0.3, 0.4) is 0 Å². The fourth-order valence-electron chi connectivity index (χ4n) is 1.40. The van der Waals surface area contributed by atoms with E-state index in [2.05, 4.69) is 15.9 Å². The number of hydrogen-bond acceptors (Lipinski definition) is 3. The van der Waals surface area contributed by atoms with Gasteiger partial charge in [-0.1, -0.05) is 22.0 Å². The van der Waals surface area contributed by atoms with Crippen LogP contribution in [0.15, 0.2) is 22.7 Å². The van der Waals surface area contributed by atoms with Crippen LogP contribution in [0.2, 0.25) is 0 Å². The van der Waals surface area contributed by atoms with Gasteiger partial charge in [-0.2, -0.15) is 13.2 Å². The summed E-state index contributed by atoms with van der Waals surface area (Å²) in [6.07, 6.45) is -4.44. The summed E-state index contributed by atoms with van der Waals surface area (Å²) in [5.74, 6) is -0.491. The zero-order valence-corrected chi connectivity index (χ0v) is 12.2. The highest BCUT2D eigenvalue weighted by Gasteiger charge is 2.27. The molecule has 0 fully saturated rings. The van der Waals surface area contributed by atoms with Crippen molar-refractivity contribution in [3.05, 3.63) is 28.2 Å². The summed E-state index contributed by atoms with van der Waals surface area (Å²) in [5, 5.41) is 1.72. The van der Waals surface area contributed by atoms with Gasteiger partial charge in [-0.15, -0.1) is 0 Å². The van der Waals surface area contributed by atoms with Crippen molar-refractivity contribution >= 4 is 21.8 Å². The summed E-state index contributed by atoms with van der Waals surface area (Å²) in [4.78, 5) is 11.3. The number of halogens is 4. The molecule has 0 bridgehead atoms. The van der Waals surface area contributed by atoms with Crippen LogP contribution in [0, 0.1) is 0 Å². The molecule has 0 heterocycles. The second-order valence-corrected chi connectivity index (χ2v) is 5.07. The molecule has 1 amide bonds. The summed E-state index contributed by atoms with van der Waals surface area (Å²) >= 11 is 3.24. The van der Waals surface area contributed by atoms with Gasteiger partial charge in [0.25, 0.3) is 5.91 Å². The number of nitrogens with two attached hydrogens (primary N) is 1. The molecule has 1 rings (SSSR count). The zero-order chi connectivity index (χ0) is 15.3. The molecule has 0 aliphatic rings. The maximum Gasteiger partial charge on any atom is 0.405 e. The molecule has 1 aromatic carbocycles. The molecule has 0 aliphatic heterocycles. The molecule has 112 valence electrons. The van der Waals surface area contributed by atoms with Crippen molar-refractivity contribution in [2.45, 2.75) is 19.1 Å². The van der Waals surface area contributed by atoms with Crippen molar-refractivity contribution in [1.82, 2.24) is 5.32 Å². The van der Waals surface area contributed by atoms with Gasteiger partial charge in [0.05, 0.1) is 0 Å². The molecule has 3 N–H and O–H groups in total. The van der Waals surface area contributed by atoms with E-state index in [9.17, 15) is 18.0 Å². The van der Waals surface area contributed by atoms with Crippen LogP contribution >= 0.6 is 15.9 Å². The minimum Gasteiger partial charge on any atom is -0.483 e. The van der Waals surface area contributed by atoms with E-state index in [1.807, 2.05) is 0 Å². The van der Waals surface area contributed by atoms with Crippen LogP contribution in [0.4, 0.5) is 13.2 Å². The van der Waals surface area contributed by atoms with E-state index in [0.717, 1.165) is 0 Å². The van der Waals surface area contributed by atoms with E-state index < -0.39 is 25.2 Å². The average molecular weight is 355 g/mol. The second kappa shape index (κ2) is 6.94. The molecule has 0 radical (unpaired) electrons. The van der Waals surface area contributed by atoms with E-state index >= 15 is 0 Å². The highest BCUT2D eigenvalue weighted by atomic mass is 79.9. The number of hydrogen-bond donors (Lipinski definition) is 2. The number of benzene rings is 1. The Kier molecular flexibility index (Phi) is 5.82. The molecular weight excluding hydrogens is 341 g/mol. The lowest BCUT2D eigenvalue weighted by molar-refractivity contribution is -0.139. The van der Waals surface area contributed by atoms with Gasteiger partial charge in [0.15, 0.2) is 6.61 Å². The average Bonchev–Trinajstić information content (AvgIpc) is 2.32. The maximum atomic E-state index is 11.9. The largest absolute Gasteiger partial charge is 0.483 e. The number of ether oxygens (including phenoxy) is 1. The Hall–Kier alpha value is -1.28. The Morgan fingerprint density at radius 1 is 1.50 bits per heavy atom. The summed E-state index contributed by atoms with van der Waals surface area (Å²) in [7, 11) is 0. The Bertz CT molecular complexity index is 478. The zero-order valence-electron chi connectivity index (χ0n) is 10.6. The number of carbonyl (C=O) groups excluding carboxylic acids is 1. The molecule has 0 aliphatic carbocycles. The van der Waals surface area contributed by atoms with Crippen molar-refractivity contribution in [2.75, 3.05) is 13.2 Å². The van der Waals surface area contributed by atoms with Crippen LogP contribution in [0.1, 0.15) is 18.5 Å². The van der Waals surface area contributed by atoms with Gasteiger partial charge < -0.3 is 15.8 Å². The lowest BCUT2D eigenvalue weighted by Gasteiger charge is -2.14. The third-order valence-corrected chi connectivity index (χ3v) is 2.80. The van der Waals surface area contributed by atoms with Crippen molar-refractivity contribution in [3.8, 4) is 5.75 Å². The lowest BCUT2D eigenvalue weighted by atomic mass is 10.1. The van der Waals surface area contributed by atoms with Crippen LogP contribution in [0.25, 0.3) is 0 Å². The molecule has 20 heavy (non-hydrogen) atoms. The van der Waals surface area contributed by atoms with Gasteiger partial charge in [0, 0.05) is 16.1 Å². The third kappa shape index (κ3) is 5.79. The molecule has 8 heteroatoms. The topological polar surface area (TPSA) is 64.3 Å². The SMILES string of the molecule is C[C@H](N)c1ccc(Br)cc1OCC(=O)NCC(F)(F)F. The number of carbonyl (C=O) groups is 1. The first kappa shape index (κ1) is 16.8. The minimum absolute atomic E-state index is 0.323. The normalized spacial score (nSPS) is 12.9. The molecule has 0 unspecified atom stereocenters. The number of alkyl halides is 3. The molecule has 0 saturated heterocycles. The Morgan fingerprint density at radius 2 is 2.15 bits per heavy atom. The van der Waals surface area contributed by atoms with Gasteiger partial charge in [0.1, 0.15) is 12.3 Å². The molecule has 1 atom stereocenters. The second-order valence-electron chi connectivity index (χ2n) is 4.15. The molecule has 0 saturated carbocycles. The van der Waals surface area contributed by atoms with Crippen LogP contribution in [-0.2, 0) is 4.79 Å². The maximum absolute atomic E-state index is 11.9. The van der Waals surface area contributed by atoms with Gasteiger partial charge in [-0.25, -0.2) is 0 Å². The van der Waals surface area contributed by atoms with Crippen molar-refractivity contribution in [3.63, 3.8) is 0 Å². The first-order chi connectivity index (χ1) is 9.19. The van der Waals surface area contributed by atoms with Crippen LogP contribution < -0.4 is 15.8 Å². The Labute approximate surface area is 122 Å². The molecule has 0 aromatic heterocycles. The smallest absolute Gasteiger partial charge is 0.405 e. The van der Waals surface area contributed by atoms with Crippen molar-refractivity contribution in [2.24, 2.45) is 5.73 Å². The lowest BCUT2D eigenvalue weighted by Crippen LogP contribution is -2.36. The van der Waals surface area contributed by atoms with Gasteiger partial charge in [-0.05, 0) is 19.1 Å². The van der Waals surface area contributed by atoms with Gasteiger partial charge in [0.2, 0.25) is 0 Å². The minimum atomic E-state index is -4.44. The number of rotatable bonds is 5. The molecule has 4 nitrogen and oxygen atoms in total. The number of nitrogens with one attached hydrogen (secondary N) is 1. The van der Waals surface area contributed by atoms with Crippen LogP contribution in [-0.4, -0.2) is 25.2 Å². The Balaban J connectivity index is 2.61. The third-order valence-electron chi connectivity index (χ3n) is 2.31. The molecule has 1 aromatic rings. The summed E-state index contributed by atoms with van der Waals surface area (Å²) in [6, 6.07) is 4.76. The fraction of sp³-hybridized carbons (Fsp3) is 0.417. The first-order valence-corrected chi connectivity index (χ1v) is 6.49. The monoisotopic (exact) mass is 354 g/mol. The predicted octanol–water partition coefficient (Wildman–Crippen LogP) is 2.53. The van der Waals surface area contributed by atoms with Crippen molar-refractivity contribution in [1.29, 1.82) is 0 Å². The number of amides is 1. The van der Waals surface area contributed by atoms with Crippen LogP contribution in [0.5, 0.6) is 5.75 Å². The summed E-state index contributed by atoms with van der Waals surface area (Å²) in [6.45, 7) is -0.153. The standard InChI is InChI=1S/C12H14BrF3N2O2/c1-7(17)9-3-2-8(13)4-10(9)20-5-11(19)18-6-12(14,15)16/h2-4,7H,5-6,17H2,1H3,(H,18,19)/t7-/m0/s1. The van der Waals surface area contributed by atoms with E-state index in [0.29, 0.717) is 15.8 Å². The predicted molar refractivity (Wildman–Crippen MR) is 71.3 cm³/mol. The summed E-state index contributed by atoms with van der Waals surface area (Å²) < 4.78 is 41.7. The fourth-order valence-corrected chi connectivity index (χ4v) is 1.74. The summed E-state index contributed by atoms with van der Waals surface area (Å²) in [5.41, 5.74) is 6.41. The highest BCUT2D eigenvalue weighted by molar-refractivity contribution is 9.10. The Morgan fingerprint density at radius 3 is 2.70 bits per heavy atom. The van der Waals surface area contributed by atoms with E-state index in [-0.39, 0.29) is 6.04 Å². The van der Waals surface area contributed by atoms with E-state index in [1.165, 1.54) is 0 Å². The van der Waals surface area contributed by atoms with E-state index in [4.69, 9.17) is 10.5 Å². The first-order valence-electron chi connectivity index (χ1n) is 5.70. The quantitative estimate of drug-likeness (QED) is 0.853. The van der Waals surface area contributed by atoms with Crippen molar-refractivity contribution < 1.29 is 22.7 Å². The molecule has 0 spiro atoms.